The number of carbonyl (C=O) groups excluding carboxylic acids is 1. The van der Waals surface area contributed by atoms with Crippen LogP contribution in [-0.4, -0.2) is 21.0 Å². The molecule has 1 N–H and O–H groups in total. The number of rotatable bonds is 3. The van der Waals surface area contributed by atoms with Crippen molar-refractivity contribution in [3.63, 3.8) is 0 Å². The molecule has 1 aliphatic rings. The van der Waals surface area contributed by atoms with Crippen molar-refractivity contribution >= 4 is 5.78 Å². The zero-order valence-electron chi connectivity index (χ0n) is 11.2. The van der Waals surface area contributed by atoms with Gasteiger partial charge in [-0.25, -0.2) is 4.98 Å². The Labute approximate surface area is 112 Å². The number of hydrogen-bond acceptors (Lipinski definition) is 3. The van der Waals surface area contributed by atoms with Crippen molar-refractivity contribution < 1.29 is 4.79 Å². The molecule has 1 aromatic heterocycles. The van der Waals surface area contributed by atoms with Gasteiger partial charge >= 0.3 is 0 Å². The molecule has 0 radical (unpaired) electrons. The van der Waals surface area contributed by atoms with Crippen LogP contribution in [0.2, 0.25) is 0 Å². The fourth-order valence-electron chi connectivity index (χ4n) is 2.71. The van der Waals surface area contributed by atoms with Crippen LogP contribution in [0.15, 0.2) is 18.5 Å². The third kappa shape index (κ3) is 2.07. The van der Waals surface area contributed by atoms with Gasteiger partial charge in [-0.3, -0.25) is 9.89 Å². The third-order valence-corrected chi connectivity index (χ3v) is 3.99. The number of ketones is 1. The maximum Gasteiger partial charge on any atom is 0.160 e. The Morgan fingerprint density at radius 3 is 2.68 bits per heavy atom. The Morgan fingerprint density at radius 1 is 1.37 bits per heavy atom. The summed E-state index contributed by atoms with van der Waals surface area (Å²) in [4.78, 5) is 15.9. The van der Waals surface area contributed by atoms with E-state index in [2.05, 4.69) is 21.2 Å². The minimum absolute atomic E-state index is 0.0958. The van der Waals surface area contributed by atoms with E-state index in [0.29, 0.717) is 5.92 Å². The Kier molecular flexibility index (Phi) is 2.93. The molecule has 1 aliphatic carbocycles. The van der Waals surface area contributed by atoms with E-state index in [4.69, 9.17) is 0 Å². The molecule has 0 atom stereocenters. The Bertz CT molecular complexity index is 613. The Hall–Kier alpha value is -1.97. The topological polar surface area (TPSA) is 58.6 Å². The summed E-state index contributed by atoms with van der Waals surface area (Å²) in [7, 11) is 0. The van der Waals surface area contributed by atoms with Crippen LogP contribution in [-0.2, 0) is 0 Å². The number of aromatic amines is 1. The van der Waals surface area contributed by atoms with Crippen molar-refractivity contribution in [2.75, 3.05) is 0 Å². The molecular formula is C15H17N3O. The number of H-pyrrole nitrogens is 1. The normalized spacial score (nSPS) is 15.3. The zero-order valence-corrected chi connectivity index (χ0v) is 11.2. The second-order valence-electron chi connectivity index (χ2n) is 5.27. The van der Waals surface area contributed by atoms with E-state index in [-0.39, 0.29) is 5.78 Å². The SMILES string of the molecule is CC(=O)c1cc(-c2ncn[nH]2)c(C2CCC2)cc1C. The van der Waals surface area contributed by atoms with Crippen LogP contribution in [0.3, 0.4) is 0 Å². The molecule has 1 aromatic carbocycles. The van der Waals surface area contributed by atoms with Gasteiger partial charge in [-0.2, -0.15) is 5.10 Å². The van der Waals surface area contributed by atoms with Gasteiger partial charge < -0.3 is 0 Å². The van der Waals surface area contributed by atoms with Crippen LogP contribution in [0.25, 0.3) is 11.4 Å². The van der Waals surface area contributed by atoms with Crippen LogP contribution in [0.4, 0.5) is 0 Å². The molecule has 0 bridgehead atoms. The molecule has 0 spiro atoms. The second kappa shape index (κ2) is 4.61. The number of carbonyl (C=O) groups is 1. The van der Waals surface area contributed by atoms with Gasteiger partial charge in [0.2, 0.25) is 0 Å². The van der Waals surface area contributed by atoms with Gasteiger partial charge in [-0.15, -0.1) is 0 Å². The molecule has 3 rings (SSSR count). The fourth-order valence-corrected chi connectivity index (χ4v) is 2.71. The van der Waals surface area contributed by atoms with Gasteiger partial charge in [-0.05, 0) is 49.8 Å². The standard InChI is InChI=1S/C15H17N3O/c1-9-6-13(11-4-3-5-11)14(7-12(9)10(2)19)15-16-8-17-18-15/h6-8,11H,3-5H2,1-2H3,(H,16,17,18). The summed E-state index contributed by atoms with van der Waals surface area (Å²) in [5.41, 5.74) is 4.15. The first-order chi connectivity index (χ1) is 9.16. The van der Waals surface area contributed by atoms with Crippen LogP contribution in [0.5, 0.6) is 0 Å². The van der Waals surface area contributed by atoms with Crippen molar-refractivity contribution in [1.82, 2.24) is 15.2 Å². The van der Waals surface area contributed by atoms with Crippen molar-refractivity contribution in [2.45, 2.75) is 39.0 Å². The van der Waals surface area contributed by atoms with Crippen LogP contribution in [0, 0.1) is 6.92 Å². The minimum Gasteiger partial charge on any atom is -0.295 e. The Morgan fingerprint density at radius 2 is 2.16 bits per heavy atom. The summed E-state index contributed by atoms with van der Waals surface area (Å²) in [5.74, 6) is 1.45. The van der Waals surface area contributed by atoms with E-state index in [9.17, 15) is 4.79 Å². The van der Waals surface area contributed by atoms with E-state index in [0.717, 1.165) is 22.5 Å². The smallest absolute Gasteiger partial charge is 0.160 e. The number of aryl methyl sites for hydroxylation is 1. The molecule has 19 heavy (non-hydrogen) atoms. The summed E-state index contributed by atoms with van der Waals surface area (Å²) in [6.45, 7) is 3.61. The van der Waals surface area contributed by atoms with E-state index in [1.54, 1.807) is 6.92 Å². The summed E-state index contributed by atoms with van der Waals surface area (Å²) in [6.07, 6.45) is 5.24. The maximum atomic E-state index is 11.7. The van der Waals surface area contributed by atoms with Gasteiger partial charge in [0.05, 0.1) is 0 Å². The van der Waals surface area contributed by atoms with Gasteiger partial charge in [0.1, 0.15) is 6.33 Å². The molecule has 98 valence electrons. The molecule has 0 amide bonds. The van der Waals surface area contributed by atoms with E-state index in [1.807, 2.05) is 13.0 Å². The number of benzene rings is 1. The molecule has 1 saturated carbocycles. The number of nitrogens with zero attached hydrogens (tertiary/aromatic N) is 2. The molecule has 1 heterocycles. The molecule has 4 nitrogen and oxygen atoms in total. The highest BCUT2D eigenvalue weighted by Gasteiger charge is 2.25. The molecule has 0 aliphatic heterocycles. The summed E-state index contributed by atoms with van der Waals surface area (Å²) < 4.78 is 0. The highest BCUT2D eigenvalue weighted by molar-refractivity contribution is 5.97. The van der Waals surface area contributed by atoms with Crippen molar-refractivity contribution in [3.05, 3.63) is 35.2 Å². The molecule has 4 heteroatoms. The third-order valence-electron chi connectivity index (χ3n) is 3.99. The number of nitrogens with one attached hydrogen (secondary N) is 1. The van der Waals surface area contributed by atoms with Crippen molar-refractivity contribution in [3.8, 4) is 11.4 Å². The monoisotopic (exact) mass is 255 g/mol. The predicted molar refractivity (Wildman–Crippen MR) is 73.2 cm³/mol. The Balaban J connectivity index is 2.17. The van der Waals surface area contributed by atoms with E-state index < -0.39 is 0 Å². The van der Waals surface area contributed by atoms with Gasteiger partial charge in [0, 0.05) is 11.1 Å². The molecule has 1 fully saturated rings. The zero-order chi connectivity index (χ0) is 13.4. The fraction of sp³-hybridized carbons (Fsp3) is 0.400. The maximum absolute atomic E-state index is 11.7. The lowest BCUT2D eigenvalue weighted by Gasteiger charge is -2.28. The van der Waals surface area contributed by atoms with Gasteiger partial charge in [0.15, 0.2) is 11.6 Å². The summed E-state index contributed by atoms with van der Waals surface area (Å²) in [6, 6.07) is 4.12. The predicted octanol–water partition coefficient (Wildman–Crippen LogP) is 3.25. The van der Waals surface area contributed by atoms with E-state index >= 15 is 0 Å². The molecule has 0 unspecified atom stereocenters. The van der Waals surface area contributed by atoms with Crippen molar-refractivity contribution in [2.24, 2.45) is 0 Å². The highest BCUT2D eigenvalue weighted by atomic mass is 16.1. The second-order valence-corrected chi connectivity index (χ2v) is 5.27. The number of Topliss-reactive ketones (excluding diaryl/α,β-unsaturated/α-hetero) is 1. The first kappa shape index (κ1) is 12.1. The number of hydrogen-bond donors (Lipinski definition) is 1. The first-order valence-corrected chi connectivity index (χ1v) is 6.68. The highest BCUT2D eigenvalue weighted by Crippen LogP contribution is 2.41. The summed E-state index contributed by atoms with van der Waals surface area (Å²) >= 11 is 0. The molecule has 2 aromatic rings. The number of aromatic nitrogens is 3. The lowest BCUT2D eigenvalue weighted by atomic mass is 9.77. The van der Waals surface area contributed by atoms with Crippen molar-refractivity contribution in [1.29, 1.82) is 0 Å². The lowest BCUT2D eigenvalue weighted by molar-refractivity contribution is 0.101. The first-order valence-electron chi connectivity index (χ1n) is 6.68. The van der Waals surface area contributed by atoms with Crippen LogP contribution < -0.4 is 0 Å². The van der Waals surface area contributed by atoms with Crippen LogP contribution in [0.1, 0.15) is 53.6 Å². The molecule has 0 saturated heterocycles. The van der Waals surface area contributed by atoms with Gasteiger partial charge in [-0.1, -0.05) is 12.5 Å². The minimum atomic E-state index is 0.0958. The quantitative estimate of drug-likeness (QED) is 0.856. The molecular weight excluding hydrogens is 238 g/mol. The van der Waals surface area contributed by atoms with Crippen LogP contribution >= 0.6 is 0 Å². The van der Waals surface area contributed by atoms with Gasteiger partial charge in [0.25, 0.3) is 0 Å². The van der Waals surface area contributed by atoms with E-state index in [1.165, 1.54) is 31.2 Å². The average Bonchev–Trinajstić information content (AvgIpc) is 2.79. The summed E-state index contributed by atoms with van der Waals surface area (Å²) in [5, 5.41) is 6.83. The lowest BCUT2D eigenvalue weighted by Crippen LogP contribution is -2.12. The largest absolute Gasteiger partial charge is 0.295 e. The average molecular weight is 255 g/mol.